The molecule has 0 aliphatic rings. The minimum Gasteiger partial charge on any atom is -0.310 e. The Labute approximate surface area is 300 Å². The molecule has 8 aromatic carbocycles. The molecule has 10 aromatic rings. The maximum atomic E-state index is 2.42. The summed E-state index contributed by atoms with van der Waals surface area (Å²) in [6.45, 7) is 0. The lowest BCUT2D eigenvalue weighted by Crippen LogP contribution is -2.10. The number of benzene rings is 8. The molecule has 0 aliphatic heterocycles. The molecule has 0 aliphatic carbocycles. The summed E-state index contributed by atoms with van der Waals surface area (Å²) < 4.78 is 4.98. The quantitative estimate of drug-likeness (QED) is 0.171. The van der Waals surface area contributed by atoms with Crippen molar-refractivity contribution in [3.63, 3.8) is 0 Å². The summed E-state index contributed by atoms with van der Waals surface area (Å²) in [5.41, 5.74) is 11.9. The van der Waals surface area contributed by atoms with Gasteiger partial charge in [-0.25, -0.2) is 0 Å². The molecule has 0 unspecified atom stereocenters. The summed E-state index contributed by atoms with van der Waals surface area (Å²) in [4.78, 5) is 2.42. The summed E-state index contributed by atoms with van der Waals surface area (Å²) in [6.07, 6.45) is 0. The van der Waals surface area contributed by atoms with Crippen molar-refractivity contribution in [2.24, 2.45) is 0 Å². The third kappa shape index (κ3) is 4.85. The van der Waals surface area contributed by atoms with Crippen LogP contribution in [0.2, 0.25) is 0 Å². The van der Waals surface area contributed by atoms with Gasteiger partial charge < -0.3 is 9.47 Å². The Morgan fingerprint density at radius 3 is 1.78 bits per heavy atom. The lowest BCUT2D eigenvalue weighted by atomic mass is 9.96. The van der Waals surface area contributed by atoms with Crippen molar-refractivity contribution >= 4 is 70.4 Å². The summed E-state index contributed by atoms with van der Waals surface area (Å²) in [7, 11) is 0. The molecule has 10 rings (SSSR count). The van der Waals surface area contributed by atoms with Crippen molar-refractivity contribution in [2.75, 3.05) is 4.90 Å². The highest BCUT2D eigenvalue weighted by molar-refractivity contribution is 7.26. The first-order valence-corrected chi connectivity index (χ1v) is 18.2. The van der Waals surface area contributed by atoms with Crippen molar-refractivity contribution < 1.29 is 0 Å². The van der Waals surface area contributed by atoms with Crippen LogP contribution in [0.4, 0.5) is 17.1 Å². The van der Waals surface area contributed by atoms with E-state index >= 15 is 0 Å². The molecule has 0 fully saturated rings. The van der Waals surface area contributed by atoms with Gasteiger partial charge in [-0.1, -0.05) is 133 Å². The normalized spacial score (nSPS) is 11.5. The van der Waals surface area contributed by atoms with Crippen molar-refractivity contribution in [3.8, 4) is 27.9 Å². The van der Waals surface area contributed by atoms with E-state index in [9.17, 15) is 0 Å². The average Bonchev–Trinajstić information content (AvgIpc) is 3.76. The van der Waals surface area contributed by atoms with Gasteiger partial charge >= 0.3 is 0 Å². The zero-order valence-corrected chi connectivity index (χ0v) is 28.6. The minimum atomic E-state index is 1.12. The third-order valence-electron chi connectivity index (χ3n) is 9.99. The topological polar surface area (TPSA) is 8.17 Å². The van der Waals surface area contributed by atoms with Crippen molar-refractivity contribution in [1.82, 2.24) is 4.57 Å². The molecule has 0 N–H and O–H groups in total. The second kappa shape index (κ2) is 12.2. The highest BCUT2D eigenvalue weighted by Crippen LogP contribution is 2.50. The van der Waals surface area contributed by atoms with Gasteiger partial charge in [0, 0.05) is 53.6 Å². The monoisotopic (exact) mass is 668 g/mol. The number of para-hydroxylation sites is 3. The molecule has 0 bridgehead atoms. The van der Waals surface area contributed by atoms with Gasteiger partial charge in [0.2, 0.25) is 0 Å². The lowest BCUT2D eigenvalue weighted by Gasteiger charge is -2.27. The molecule has 0 radical (unpaired) electrons. The molecule has 2 aromatic heterocycles. The van der Waals surface area contributed by atoms with E-state index in [0.29, 0.717) is 0 Å². The smallest absolute Gasteiger partial charge is 0.0555 e. The molecular weight excluding hydrogens is 637 g/mol. The SMILES string of the molecule is c1ccc(-c2ccc(N(c3ccccc3)c3ccc(-c4cccc5c4c4ccccc4n5-c4ccccc4)c4sc5ccccc5c34)cc2)cc1. The van der Waals surface area contributed by atoms with Gasteiger partial charge in [0.25, 0.3) is 0 Å². The number of thiophene rings is 1. The molecular formula is C48H32N2S. The number of rotatable bonds is 6. The number of nitrogens with zero attached hydrogens (tertiary/aromatic N) is 2. The number of hydrogen-bond donors (Lipinski definition) is 0. The fourth-order valence-corrected chi connectivity index (χ4v) is 9.00. The molecule has 0 saturated heterocycles. The Kier molecular flexibility index (Phi) is 7.04. The van der Waals surface area contributed by atoms with Crippen LogP contribution in [0.5, 0.6) is 0 Å². The standard InChI is InChI=1S/C48H32N2S/c1-4-15-33(16-5-1)34-27-29-37(30-28-34)49(35-17-6-2-7-18-35)44-32-31-39(48-47(44)41-22-11-13-26-45(41)51-48)38-23-14-25-43-46(38)40-21-10-12-24-42(40)50(43)36-19-8-3-9-20-36/h1-32H. The Balaban J connectivity index is 1.24. The first-order valence-electron chi connectivity index (χ1n) is 17.4. The van der Waals surface area contributed by atoms with E-state index in [4.69, 9.17) is 0 Å². The van der Waals surface area contributed by atoms with Crippen LogP contribution in [0.25, 0.3) is 69.9 Å². The predicted molar refractivity (Wildman–Crippen MR) is 219 cm³/mol. The van der Waals surface area contributed by atoms with Crippen LogP contribution < -0.4 is 4.90 Å². The summed E-state index contributed by atoms with van der Waals surface area (Å²) in [5, 5.41) is 5.08. The van der Waals surface area contributed by atoms with Gasteiger partial charge in [-0.05, 0) is 77.4 Å². The molecule has 0 saturated carbocycles. The van der Waals surface area contributed by atoms with Gasteiger partial charge in [0.15, 0.2) is 0 Å². The molecule has 0 amide bonds. The first-order chi connectivity index (χ1) is 25.3. The van der Waals surface area contributed by atoms with Gasteiger partial charge in [-0.2, -0.15) is 0 Å². The van der Waals surface area contributed by atoms with E-state index in [1.807, 2.05) is 11.3 Å². The van der Waals surface area contributed by atoms with Gasteiger partial charge in [0.1, 0.15) is 0 Å². The third-order valence-corrected chi connectivity index (χ3v) is 11.2. The largest absolute Gasteiger partial charge is 0.310 e. The zero-order chi connectivity index (χ0) is 33.7. The number of aromatic nitrogens is 1. The van der Waals surface area contributed by atoms with E-state index in [0.717, 1.165) is 11.4 Å². The summed E-state index contributed by atoms with van der Waals surface area (Å²) in [6, 6.07) is 70.2. The van der Waals surface area contributed by atoms with Crippen LogP contribution >= 0.6 is 11.3 Å². The molecule has 0 spiro atoms. The van der Waals surface area contributed by atoms with Crippen LogP contribution in [-0.2, 0) is 0 Å². The maximum absolute atomic E-state index is 2.42. The van der Waals surface area contributed by atoms with E-state index in [1.54, 1.807) is 0 Å². The first kappa shape index (κ1) is 29.5. The Bertz CT molecular complexity index is 2830. The van der Waals surface area contributed by atoms with E-state index in [-0.39, 0.29) is 0 Å². The van der Waals surface area contributed by atoms with Crippen molar-refractivity contribution in [2.45, 2.75) is 0 Å². The predicted octanol–water partition coefficient (Wildman–Crippen LogP) is 14.0. The Morgan fingerprint density at radius 1 is 0.392 bits per heavy atom. The summed E-state index contributed by atoms with van der Waals surface area (Å²) >= 11 is 1.89. The lowest BCUT2D eigenvalue weighted by molar-refractivity contribution is 1.18. The number of hydrogen-bond acceptors (Lipinski definition) is 2. The van der Waals surface area contributed by atoms with E-state index < -0.39 is 0 Å². The van der Waals surface area contributed by atoms with Crippen LogP contribution in [0.15, 0.2) is 194 Å². The molecule has 51 heavy (non-hydrogen) atoms. The molecule has 2 nitrogen and oxygen atoms in total. The minimum absolute atomic E-state index is 1.12. The van der Waals surface area contributed by atoms with Crippen molar-refractivity contribution in [3.05, 3.63) is 194 Å². The second-order valence-corrected chi connectivity index (χ2v) is 14.0. The second-order valence-electron chi connectivity index (χ2n) is 12.9. The van der Waals surface area contributed by atoms with Crippen LogP contribution in [0, 0.1) is 0 Å². The zero-order valence-electron chi connectivity index (χ0n) is 27.8. The molecule has 0 atom stereocenters. The molecule has 2 heterocycles. The highest BCUT2D eigenvalue weighted by Gasteiger charge is 2.23. The molecule has 240 valence electrons. The highest BCUT2D eigenvalue weighted by atomic mass is 32.1. The van der Waals surface area contributed by atoms with E-state index in [2.05, 4.69) is 204 Å². The van der Waals surface area contributed by atoms with Crippen LogP contribution in [0.3, 0.4) is 0 Å². The fraction of sp³-hybridized carbons (Fsp3) is 0. The van der Waals surface area contributed by atoms with Gasteiger partial charge in [-0.15, -0.1) is 11.3 Å². The van der Waals surface area contributed by atoms with Crippen molar-refractivity contribution in [1.29, 1.82) is 0 Å². The Hall–Kier alpha value is -6.42. The van der Waals surface area contributed by atoms with Gasteiger partial charge in [-0.3, -0.25) is 0 Å². The average molecular weight is 669 g/mol. The summed E-state index contributed by atoms with van der Waals surface area (Å²) in [5.74, 6) is 0. The fourth-order valence-electron chi connectivity index (χ4n) is 7.75. The maximum Gasteiger partial charge on any atom is 0.0555 e. The van der Waals surface area contributed by atoms with Crippen LogP contribution in [0.1, 0.15) is 0 Å². The van der Waals surface area contributed by atoms with E-state index in [1.165, 1.54) is 75.6 Å². The van der Waals surface area contributed by atoms with Crippen LogP contribution in [-0.4, -0.2) is 4.57 Å². The molecule has 3 heteroatoms. The Morgan fingerprint density at radius 2 is 1.00 bits per heavy atom. The number of fused-ring (bicyclic) bond motifs is 6. The number of anilines is 3. The van der Waals surface area contributed by atoms with Gasteiger partial charge in [0.05, 0.1) is 16.7 Å².